The summed E-state index contributed by atoms with van der Waals surface area (Å²) in [4.78, 5) is 23.8. The van der Waals surface area contributed by atoms with Gasteiger partial charge in [-0.25, -0.2) is 0 Å². The molecule has 2 saturated heterocycles. The van der Waals surface area contributed by atoms with Crippen LogP contribution in [0, 0.1) is 11.8 Å². The number of hydrogen-bond donors (Lipinski definition) is 1. The third-order valence-electron chi connectivity index (χ3n) is 3.62. The van der Waals surface area contributed by atoms with Crippen LogP contribution in [0.5, 0.6) is 0 Å². The number of rotatable bonds is 4. The average molecular weight is 227 g/mol. The zero-order valence-electron chi connectivity index (χ0n) is 9.39. The van der Waals surface area contributed by atoms with Gasteiger partial charge in [0.1, 0.15) is 0 Å². The van der Waals surface area contributed by atoms with E-state index in [0.29, 0.717) is 17.9 Å². The average Bonchev–Trinajstić information content (AvgIpc) is 2.26. The number of hydrogen-bond acceptors (Lipinski definition) is 3. The van der Waals surface area contributed by atoms with E-state index in [4.69, 9.17) is 9.84 Å². The highest BCUT2D eigenvalue weighted by molar-refractivity contribution is 5.80. The lowest BCUT2D eigenvalue weighted by atomic mass is 9.68. The van der Waals surface area contributed by atoms with E-state index in [1.807, 2.05) is 0 Å². The normalized spacial score (nSPS) is 32.1. The number of fused-ring (bicyclic) bond motifs is 2. The first-order valence-electron chi connectivity index (χ1n) is 5.64. The molecule has 2 heterocycles. The highest BCUT2D eigenvalue weighted by Gasteiger charge is 2.47. The summed E-state index contributed by atoms with van der Waals surface area (Å²) in [5.41, 5.74) is 0. The minimum Gasteiger partial charge on any atom is -0.481 e. The first kappa shape index (κ1) is 11.4. The maximum absolute atomic E-state index is 11.7. The van der Waals surface area contributed by atoms with Gasteiger partial charge in [-0.05, 0) is 6.42 Å². The van der Waals surface area contributed by atoms with Crippen molar-refractivity contribution in [1.29, 1.82) is 0 Å². The molecular weight excluding hydrogens is 210 g/mol. The topological polar surface area (TPSA) is 66.8 Å². The molecule has 0 radical (unpaired) electrons. The Morgan fingerprint density at radius 2 is 1.94 bits per heavy atom. The first-order valence-corrected chi connectivity index (χ1v) is 5.64. The Labute approximate surface area is 94.4 Å². The van der Waals surface area contributed by atoms with Crippen LogP contribution in [0.2, 0.25) is 0 Å². The summed E-state index contributed by atoms with van der Waals surface area (Å²) < 4.78 is 5.35. The van der Waals surface area contributed by atoms with Crippen molar-refractivity contribution in [3.05, 3.63) is 0 Å². The third-order valence-corrected chi connectivity index (χ3v) is 3.62. The van der Waals surface area contributed by atoms with Crippen LogP contribution in [-0.4, -0.2) is 48.2 Å². The molecule has 3 aliphatic rings. The Morgan fingerprint density at radius 3 is 2.44 bits per heavy atom. The van der Waals surface area contributed by atoms with Crippen LogP contribution in [0.1, 0.15) is 19.3 Å². The minimum absolute atomic E-state index is 0.0355. The molecule has 1 aliphatic carbocycles. The van der Waals surface area contributed by atoms with E-state index >= 15 is 0 Å². The van der Waals surface area contributed by atoms with E-state index < -0.39 is 5.97 Å². The number of carboxylic acids is 1. The van der Waals surface area contributed by atoms with Gasteiger partial charge in [0.15, 0.2) is 0 Å². The van der Waals surface area contributed by atoms with Crippen molar-refractivity contribution in [2.24, 2.45) is 11.8 Å². The maximum Gasteiger partial charge on any atom is 0.303 e. The second-order valence-corrected chi connectivity index (χ2v) is 4.65. The summed E-state index contributed by atoms with van der Waals surface area (Å²) in [6, 6.07) is 0. The molecule has 0 aromatic carbocycles. The molecule has 3 fully saturated rings. The van der Waals surface area contributed by atoms with Crippen LogP contribution in [0.15, 0.2) is 0 Å². The predicted molar refractivity (Wildman–Crippen MR) is 55.8 cm³/mol. The smallest absolute Gasteiger partial charge is 0.303 e. The van der Waals surface area contributed by atoms with Gasteiger partial charge in [-0.15, -0.1) is 0 Å². The summed E-state index contributed by atoms with van der Waals surface area (Å²) in [5, 5.41) is 8.51. The Balaban J connectivity index is 1.81. The molecule has 0 spiro atoms. The van der Waals surface area contributed by atoms with E-state index in [-0.39, 0.29) is 18.7 Å². The molecule has 5 nitrogen and oxygen atoms in total. The number of carbonyl (C=O) groups is 2. The van der Waals surface area contributed by atoms with Crippen LogP contribution < -0.4 is 0 Å². The number of piperidine rings is 2. The van der Waals surface area contributed by atoms with Gasteiger partial charge in [-0.1, -0.05) is 0 Å². The van der Waals surface area contributed by atoms with Crippen molar-refractivity contribution in [2.75, 3.05) is 20.2 Å². The zero-order chi connectivity index (χ0) is 11.7. The van der Waals surface area contributed by atoms with Gasteiger partial charge in [-0.3, -0.25) is 9.59 Å². The number of nitrogens with zero attached hydrogens (tertiary/aromatic N) is 1. The number of carbonyl (C=O) groups excluding carboxylic acids is 1. The van der Waals surface area contributed by atoms with Gasteiger partial charge in [0.2, 0.25) is 5.91 Å². The lowest BCUT2D eigenvalue weighted by Gasteiger charge is -2.52. The molecule has 0 unspecified atom stereocenters. The molecule has 5 heteroatoms. The molecule has 1 saturated carbocycles. The molecule has 3 rings (SSSR count). The van der Waals surface area contributed by atoms with Crippen molar-refractivity contribution in [3.8, 4) is 0 Å². The first-order chi connectivity index (χ1) is 7.61. The van der Waals surface area contributed by atoms with Crippen molar-refractivity contribution in [3.63, 3.8) is 0 Å². The van der Waals surface area contributed by atoms with E-state index in [9.17, 15) is 9.59 Å². The lowest BCUT2D eigenvalue weighted by Crippen LogP contribution is -2.60. The Bertz CT molecular complexity index is 292. The molecule has 0 aromatic rings. The quantitative estimate of drug-likeness (QED) is 0.752. The van der Waals surface area contributed by atoms with Gasteiger partial charge >= 0.3 is 5.97 Å². The zero-order valence-corrected chi connectivity index (χ0v) is 9.39. The van der Waals surface area contributed by atoms with Gasteiger partial charge in [0.25, 0.3) is 0 Å². The van der Waals surface area contributed by atoms with Crippen molar-refractivity contribution in [1.82, 2.24) is 4.90 Å². The van der Waals surface area contributed by atoms with E-state index in [2.05, 4.69) is 0 Å². The van der Waals surface area contributed by atoms with Crippen LogP contribution in [0.25, 0.3) is 0 Å². The fourth-order valence-electron chi connectivity index (χ4n) is 2.80. The molecule has 0 aromatic heterocycles. The third kappa shape index (κ3) is 2.04. The Hall–Kier alpha value is -1.10. The van der Waals surface area contributed by atoms with Gasteiger partial charge in [0.05, 0.1) is 12.5 Å². The predicted octanol–water partition coefficient (Wildman–Crippen LogP) is 0.344. The summed E-state index contributed by atoms with van der Waals surface area (Å²) in [6.45, 7) is 1.46. The molecule has 2 aliphatic heterocycles. The van der Waals surface area contributed by atoms with Gasteiger partial charge in [-0.2, -0.15) is 0 Å². The van der Waals surface area contributed by atoms with Crippen molar-refractivity contribution in [2.45, 2.75) is 25.4 Å². The van der Waals surface area contributed by atoms with Crippen molar-refractivity contribution >= 4 is 11.9 Å². The van der Waals surface area contributed by atoms with E-state index in [1.54, 1.807) is 12.0 Å². The highest BCUT2D eigenvalue weighted by atomic mass is 16.5. The standard InChI is InChI=1S/C11H17NO4/c1-16-11-7-4-8(11)6-12(5-7)9(13)2-3-10(14)15/h7-8,11H,2-6H2,1H3,(H,14,15)/t7-,8-/m0/s1. The number of aliphatic carboxylic acids is 1. The molecule has 1 amide bonds. The molecule has 16 heavy (non-hydrogen) atoms. The fraction of sp³-hybridized carbons (Fsp3) is 0.818. The second kappa shape index (κ2) is 4.41. The maximum atomic E-state index is 11.7. The Kier molecular flexibility index (Phi) is 3.14. The number of carboxylic acid groups (broad SMARTS) is 1. The van der Waals surface area contributed by atoms with Crippen molar-refractivity contribution < 1.29 is 19.4 Å². The Morgan fingerprint density at radius 1 is 1.31 bits per heavy atom. The monoisotopic (exact) mass is 227 g/mol. The second-order valence-electron chi connectivity index (χ2n) is 4.65. The number of ether oxygens (including phenoxy) is 1. The number of amides is 1. The molecule has 2 atom stereocenters. The van der Waals surface area contributed by atoms with E-state index in [0.717, 1.165) is 19.5 Å². The van der Waals surface area contributed by atoms with Crippen LogP contribution in [0.3, 0.4) is 0 Å². The lowest BCUT2D eigenvalue weighted by molar-refractivity contribution is -0.157. The molecule has 2 bridgehead atoms. The number of methoxy groups -OCH3 is 1. The van der Waals surface area contributed by atoms with Crippen LogP contribution >= 0.6 is 0 Å². The fourth-order valence-corrected chi connectivity index (χ4v) is 2.80. The molecular formula is C11H17NO4. The largest absolute Gasteiger partial charge is 0.481 e. The van der Waals surface area contributed by atoms with E-state index in [1.165, 1.54) is 0 Å². The summed E-state index contributed by atoms with van der Waals surface area (Å²) in [5.74, 6) is -0.0352. The van der Waals surface area contributed by atoms with Crippen LogP contribution in [0.4, 0.5) is 0 Å². The summed E-state index contributed by atoms with van der Waals surface area (Å²) in [7, 11) is 1.71. The molecule has 90 valence electrons. The SMILES string of the molecule is COC1[C@H]2C[C@H]1CN(C(=O)CCC(=O)O)C2. The summed E-state index contributed by atoms with van der Waals surface area (Å²) in [6.07, 6.45) is 1.50. The van der Waals surface area contributed by atoms with Gasteiger partial charge < -0.3 is 14.7 Å². The van der Waals surface area contributed by atoms with Gasteiger partial charge in [0, 0.05) is 38.5 Å². The summed E-state index contributed by atoms with van der Waals surface area (Å²) >= 11 is 0. The highest BCUT2D eigenvalue weighted by Crippen LogP contribution is 2.41. The minimum atomic E-state index is -0.912. The van der Waals surface area contributed by atoms with Crippen LogP contribution in [-0.2, 0) is 14.3 Å². The molecule has 1 N–H and O–H groups in total.